The molecule has 2 atom stereocenters. The lowest BCUT2D eigenvalue weighted by molar-refractivity contribution is 0.359. The molecular weight excluding hydrogens is 132 g/mol. The normalized spacial score (nSPS) is 36.0. The number of ether oxygens (including phenoxy) is 2. The summed E-state index contributed by atoms with van der Waals surface area (Å²) in [6.45, 7) is 3.64. The molecule has 4 nitrogen and oxygen atoms in total. The highest BCUT2D eigenvalue weighted by Gasteiger charge is 2.23. The smallest absolute Gasteiger partial charge is 0.0947 e. The van der Waals surface area contributed by atoms with Gasteiger partial charge in [-0.25, -0.2) is 0 Å². The molecule has 0 aliphatic carbocycles. The molecule has 58 valence electrons. The fourth-order valence-corrected chi connectivity index (χ4v) is 0.744. The maximum Gasteiger partial charge on any atom is 0.0947 e. The molecular formula is C6H12N2O2. The van der Waals surface area contributed by atoms with Crippen LogP contribution in [0.4, 0.5) is 0 Å². The Hall–Kier alpha value is -0.160. The minimum Gasteiger partial charge on any atom is -0.372 e. The molecule has 0 amide bonds. The highest BCUT2D eigenvalue weighted by molar-refractivity contribution is 4.73. The number of hydrogen-bond acceptors (Lipinski definition) is 4. The molecule has 0 aromatic carbocycles. The van der Waals surface area contributed by atoms with Crippen LogP contribution in [0.1, 0.15) is 0 Å². The van der Waals surface area contributed by atoms with Crippen LogP contribution in [0.5, 0.6) is 0 Å². The van der Waals surface area contributed by atoms with Crippen LogP contribution >= 0.6 is 0 Å². The molecule has 4 heteroatoms. The molecule has 0 aromatic heterocycles. The summed E-state index contributed by atoms with van der Waals surface area (Å²) >= 11 is 0. The molecule has 2 heterocycles. The van der Waals surface area contributed by atoms with Gasteiger partial charge in [0.15, 0.2) is 0 Å². The SMILES string of the molecule is C(NNCC1CO1)C1CO1. The van der Waals surface area contributed by atoms with E-state index in [2.05, 4.69) is 10.9 Å². The van der Waals surface area contributed by atoms with E-state index in [-0.39, 0.29) is 0 Å². The van der Waals surface area contributed by atoms with Gasteiger partial charge >= 0.3 is 0 Å². The number of hydrogen-bond donors (Lipinski definition) is 2. The summed E-state index contributed by atoms with van der Waals surface area (Å²) in [6, 6.07) is 0. The van der Waals surface area contributed by atoms with Crippen molar-refractivity contribution in [3.8, 4) is 0 Å². The molecule has 0 bridgehead atoms. The van der Waals surface area contributed by atoms with Crippen molar-refractivity contribution in [2.75, 3.05) is 26.3 Å². The van der Waals surface area contributed by atoms with E-state index in [9.17, 15) is 0 Å². The van der Waals surface area contributed by atoms with Crippen LogP contribution < -0.4 is 10.9 Å². The van der Waals surface area contributed by atoms with Crippen molar-refractivity contribution in [2.24, 2.45) is 0 Å². The average Bonchev–Trinajstić information content (AvgIpc) is 2.77. The Bertz CT molecular complexity index is 98.3. The summed E-state index contributed by atoms with van der Waals surface area (Å²) in [6.07, 6.45) is 0.903. The Kier molecular flexibility index (Phi) is 1.86. The molecule has 2 aliphatic heterocycles. The van der Waals surface area contributed by atoms with Crippen LogP contribution in [0.3, 0.4) is 0 Å². The zero-order chi connectivity index (χ0) is 6.81. The van der Waals surface area contributed by atoms with E-state index in [1.165, 1.54) is 0 Å². The fourth-order valence-electron chi connectivity index (χ4n) is 0.744. The van der Waals surface area contributed by atoms with Gasteiger partial charge in [-0.05, 0) is 0 Å². The fraction of sp³-hybridized carbons (Fsp3) is 1.00. The van der Waals surface area contributed by atoms with Crippen LogP contribution in [0.15, 0.2) is 0 Å². The second kappa shape index (κ2) is 2.84. The van der Waals surface area contributed by atoms with Crippen molar-refractivity contribution < 1.29 is 9.47 Å². The Morgan fingerprint density at radius 1 is 1.00 bits per heavy atom. The average molecular weight is 144 g/mol. The minimum absolute atomic E-state index is 0.452. The van der Waals surface area contributed by atoms with Gasteiger partial charge < -0.3 is 9.47 Å². The lowest BCUT2D eigenvalue weighted by atomic mass is 10.5. The van der Waals surface area contributed by atoms with Crippen molar-refractivity contribution >= 4 is 0 Å². The van der Waals surface area contributed by atoms with E-state index in [4.69, 9.17) is 9.47 Å². The Labute approximate surface area is 59.8 Å². The molecule has 10 heavy (non-hydrogen) atoms. The highest BCUT2D eigenvalue weighted by atomic mass is 16.6. The van der Waals surface area contributed by atoms with Crippen molar-refractivity contribution in [2.45, 2.75) is 12.2 Å². The largest absolute Gasteiger partial charge is 0.372 e. The first kappa shape index (κ1) is 6.54. The maximum atomic E-state index is 5.00. The summed E-state index contributed by atoms with van der Waals surface area (Å²) in [5.41, 5.74) is 6.13. The van der Waals surface area contributed by atoms with E-state index >= 15 is 0 Å². The van der Waals surface area contributed by atoms with Gasteiger partial charge in [0.2, 0.25) is 0 Å². The molecule has 0 spiro atoms. The predicted molar refractivity (Wildman–Crippen MR) is 35.5 cm³/mol. The summed E-state index contributed by atoms with van der Waals surface area (Å²) in [7, 11) is 0. The highest BCUT2D eigenvalue weighted by Crippen LogP contribution is 2.07. The predicted octanol–water partition coefficient (Wildman–Crippen LogP) is -1.12. The topological polar surface area (TPSA) is 49.1 Å². The van der Waals surface area contributed by atoms with Gasteiger partial charge in [-0.3, -0.25) is 10.9 Å². The van der Waals surface area contributed by atoms with Crippen LogP contribution in [0.25, 0.3) is 0 Å². The standard InChI is InChI=1S/C6H12N2O2/c1(5-3-9-5)7-8-2-6-4-10-6/h5-8H,1-4H2. The first-order valence-corrected chi connectivity index (χ1v) is 3.64. The second-order valence-electron chi connectivity index (χ2n) is 2.67. The van der Waals surface area contributed by atoms with Crippen molar-refractivity contribution in [3.05, 3.63) is 0 Å². The first-order chi connectivity index (χ1) is 4.95. The molecule has 2 unspecified atom stereocenters. The monoisotopic (exact) mass is 144 g/mol. The quantitative estimate of drug-likeness (QED) is 0.291. The van der Waals surface area contributed by atoms with Crippen molar-refractivity contribution in [1.82, 2.24) is 10.9 Å². The zero-order valence-electron chi connectivity index (χ0n) is 5.80. The summed E-state index contributed by atoms with van der Waals surface area (Å²) in [5.74, 6) is 0. The Morgan fingerprint density at radius 3 is 1.70 bits per heavy atom. The second-order valence-corrected chi connectivity index (χ2v) is 2.67. The summed E-state index contributed by atoms with van der Waals surface area (Å²) in [5, 5.41) is 0. The molecule has 0 radical (unpaired) electrons. The lowest BCUT2D eigenvalue weighted by Gasteiger charge is -2.01. The number of hydrazine groups is 1. The van der Waals surface area contributed by atoms with E-state index in [0.29, 0.717) is 12.2 Å². The maximum absolute atomic E-state index is 5.00. The molecule has 2 aliphatic rings. The van der Waals surface area contributed by atoms with Crippen molar-refractivity contribution in [1.29, 1.82) is 0 Å². The summed E-state index contributed by atoms with van der Waals surface area (Å²) in [4.78, 5) is 0. The Morgan fingerprint density at radius 2 is 1.40 bits per heavy atom. The molecule has 2 saturated heterocycles. The third-order valence-corrected chi connectivity index (χ3v) is 1.59. The van der Waals surface area contributed by atoms with Gasteiger partial charge in [0.05, 0.1) is 25.4 Å². The van der Waals surface area contributed by atoms with Gasteiger partial charge in [-0.2, -0.15) is 0 Å². The van der Waals surface area contributed by atoms with E-state index in [1.54, 1.807) is 0 Å². The Balaban J connectivity index is 1.40. The first-order valence-electron chi connectivity index (χ1n) is 3.64. The van der Waals surface area contributed by atoms with E-state index in [0.717, 1.165) is 26.3 Å². The van der Waals surface area contributed by atoms with E-state index < -0.39 is 0 Å². The van der Waals surface area contributed by atoms with Crippen LogP contribution in [0.2, 0.25) is 0 Å². The minimum atomic E-state index is 0.452. The molecule has 0 saturated carbocycles. The zero-order valence-corrected chi connectivity index (χ0v) is 5.80. The van der Waals surface area contributed by atoms with Crippen LogP contribution in [-0.2, 0) is 9.47 Å². The van der Waals surface area contributed by atoms with Gasteiger partial charge in [0.25, 0.3) is 0 Å². The van der Waals surface area contributed by atoms with Gasteiger partial charge in [-0.15, -0.1) is 0 Å². The molecule has 2 N–H and O–H groups in total. The number of epoxide rings is 2. The van der Waals surface area contributed by atoms with Gasteiger partial charge in [-0.1, -0.05) is 0 Å². The van der Waals surface area contributed by atoms with Gasteiger partial charge in [0, 0.05) is 13.1 Å². The number of nitrogens with one attached hydrogen (secondary N) is 2. The molecule has 0 aromatic rings. The molecule has 2 rings (SSSR count). The van der Waals surface area contributed by atoms with Crippen LogP contribution in [-0.4, -0.2) is 38.5 Å². The van der Waals surface area contributed by atoms with Crippen LogP contribution in [0, 0.1) is 0 Å². The third-order valence-electron chi connectivity index (χ3n) is 1.59. The molecule has 2 fully saturated rings. The summed E-state index contributed by atoms with van der Waals surface area (Å²) < 4.78 is 9.99. The van der Waals surface area contributed by atoms with E-state index in [1.807, 2.05) is 0 Å². The third kappa shape index (κ3) is 2.22. The van der Waals surface area contributed by atoms with Gasteiger partial charge in [0.1, 0.15) is 0 Å². The lowest BCUT2D eigenvalue weighted by Crippen LogP contribution is -2.37. The number of rotatable bonds is 5. The van der Waals surface area contributed by atoms with Crippen molar-refractivity contribution in [3.63, 3.8) is 0 Å².